The highest BCUT2D eigenvalue weighted by atomic mass is 35.5. The predicted molar refractivity (Wildman–Crippen MR) is 129 cm³/mol. The SMILES string of the molecule is O=C(c1ccc(-n2cccc2)cc1)N1CCN(c2cnn(-c3ccccc3)c(=O)c2Cl)CC1. The monoisotopic (exact) mass is 459 g/mol. The van der Waals surface area contributed by atoms with Crippen LogP contribution in [0.15, 0.2) is 90.1 Å². The first-order chi connectivity index (χ1) is 16.1. The first-order valence-corrected chi connectivity index (χ1v) is 11.1. The minimum atomic E-state index is -0.360. The lowest BCUT2D eigenvalue weighted by atomic mass is 10.1. The van der Waals surface area contributed by atoms with Gasteiger partial charge in [-0.15, -0.1) is 0 Å². The molecule has 1 fully saturated rings. The summed E-state index contributed by atoms with van der Waals surface area (Å²) in [6, 6.07) is 20.7. The number of carbonyl (C=O) groups excluding carboxylic acids is 1. The lowest BCUT2D eigenvalue weighted by Gasteiger charge is -2.36. The number of benzene rings is 2. The first kappa shape index (κ1) is 21.0. The van der Waals surface area contributed by atoms with Crippen LogP contribution >= 0.6 is 11.6 Å². The van der Waals surface area contributed by atoms with E-state index in [1.165, 1.54) is 4.68 Å². The molecule has 1 aliphatic heterocycles. The third kappa shape index (κ3) is 4.15. The molecule has 2 aromatic heterocycles. The third-order valence-electron chi connectivity index (χ3n) is 5.83. The van der Waals surface area contributed by atoms with E-state index in [2.05, 4.69) is 5.10 Å². The molecule has 1 amide bonds. The molecule has 4 aromatic rings. The second-order valence-corrected chi connectivity index (χ2v) is 8.19. The van der Waals surface area contributed by atoms with Crippen molar-refractivity contribution in [1.82, 2.24) is 19.2 Å². The molecule has 0 bridgehead atoms. The van der Waals surface area contributed by atoms with E-state index in [-0.39, 0.29) is 16.5 Å². The smallest absolute Gasteiger partial charge is 0.292 e. The number of amides is 1. The van der Waals surface area contributed by atoms with Crippen molar-refractivity contribution in [1.29, 1.82) is 0 Å². The lowest BCUT2D eigenvalue weighted by molar-refractivity contribution is 0.0747. The van der Waals surface area contributed by atoms with Crippen LogP contribution in [0.3, 0.4) is 0 Å². The van der Waals surface area contributed by atoms with E-state index in [9.17, 15) is 9.59 Å². The van der Waals surface area contributed by atoms with E-state index >= 15 is 0 Å². The number of hydrogen-bond donors (Lipinski definition) is 0. The summed E-state index contributed by atoms with van der Waals surface area (Å²) in [6.07, 6.45) is 5.55. The third-order valence-corrected chi connectivity index (χ3v) is 6.18. The fraction of sp³-hybridized carbons (Fsp3) is 0.160. The quantitative estimate of drug-likeness (QED) is 0.467. The molecule has 1 saturated heterocycles. The van der Waals surface area contributed by atoms with E-state index in [4.69, 9.17) is 11.6 Å². The van der Waals surface area contributed by atoms with Gasteiger partial charge in [-0.05, 0) is 48.5 Å². The number of anilines is 1. The topological polar surface area (TPSA) is 63.4 Å². The van der Waals surface area contributed by atoms with Crippen molar-refractivity contribution < 1.29 is 4.79 Å². The molecular weight excluding hydrogens is 438 g/mol. The van der Waals surface area contributed by atoms with Crippen molar-refractivity contribution in [3.63, 3.8) is 0 Å². The highest BCUT2D eigenvalue weighted by Crippen LogP contribution is 2.23. The Hall–Kier alpha value is -3.84. The molecule has 5 rings (SSSR count). The second kappa shape index (κ2) is 8.96. The number of halogens is 1. The summed E-state index contributed by atoms with van der Waals surface area (Å²) in [7, 11) is 0. The Balaban J connectivity index is 1.27. The van der Waals surface area contributed by atoms with Crippen LogP contribution in [0.1, 0.15) is 10.4 Å². The zero-order valence-electron chi connectivity index (χ0n) is 17.8. The van der Waals surface area contributed by atoms with Crippen LogP contribution in [0.4, 0.5) is 5.69 Å². The maximum Gasteiger partial charge on any atom is 0.292 e. The Morgan fingerprint density at radius 3 is 2.15 bits per heavy atom. The normalized spacial score (nSPS) is 13.8. The van der Waals surface area contributed by atoms with Crippen molar-refractivity contribution >= 4 is 23.2 Å². The first-order valence-electron chi connectivity index (χ1n) is 10.7. The van der Waals surface area contributed by atoms with Gasteiger partial charge in [-0.2, -0.15) is 9.78 Å². The molecule has 0 unspecified atom stereocenters. The van der Waals surface area contributed by atoms with Gasteiger partial charge >= 0.3 is 0 Å². The molecule has 1 aliphatic rings. The number of carbonyl (C=O) groups is 1. The fourth-order valence-electron chi connectivity index (χ4n) is 4.01. The predicted octanol–water partition coefficient (Wildman–Crippen LogP) is 3.64. The van der Waals surface area contributed by atoms with Crippen LogP contribution in [-0.4, -0.2) is 51.3 Å². The van der Waals surface area contributed by atoms with Crippen molar-refractivity contribution in [2.75, 3.05) is 31.1 Å². The molecule has 3 heterocycles. The molecule has 0 radical (unpaired) electrons. The van der Waals surface area contributed by atoms with Gasteiger partial charge in [0.2, 0.25) is 0 Å². The highest BCUT2D eigenvalue weighted by Gasteiger charge is 2.25. The Morgan fingerprint density at radius 2 is 1.48 bits per heavy atom. The fourth-order valence-corrected chi connectivity index (χ4v) is 4.26. The zero-order chi connectivity index (χ0) is 22.8. The Bertz CT molecular complexity index is 1310. The van der Waals surface area contributed by atoms with Gasteiger partial charge in [-0.3, -0.25) is 9.59 Å². The van der Waals surface area contributed by atoms with Crippen LogP contribution in [0, 0.1) is 0 Å². The number of hydrogen-bond acceptors (Lipinski definition) is 4. The van der Waals surface area contributed by atoms with Gasteiger partial charge in [0, 0.05) is 49.8 Å². The summed E-state index contributed by atoms with van der Waals surface area (Å²) < 4.78 is 3.29. The number of rotatable bonds is 4. The van der Waals surface area contributed by atoms with Gasteiger partial charge in [-0.25, -0.2) is 0 Å². The van der Waals surface area contributed by atoms with Crippen molar-refractivity contribution in [3.05, 3.63) is 106 Å². The van der Waals surface area contributed by atoms with Crippen LogP contribution in [0.2, 0.25) is 5.02 Å². The molecule has 0 N–H and O–H groups in total. The number of piperazine rings is 1. The summed E-state index contributed by atoms with van der Waals surface area (Å²) in [6.45, 7) is 2.22. The van der Waals surface area contributed by atoms with Crippen molar-refractivity contribution in [2.45, 2.75) is 0 Å². The number of nitrogens with zero attached hydrogens (tertiary/aromatic N) is 5. The molecule has 33 heavy (non-hydrogen) atoms. The summed E-state index contributed by atoms with van der Waals surface area (Å²) >= 11 is 6.44. The Kier molecular flexibility index (Phi) is 5.71. The lowest BCUT2D eigenvalue weighted by Crippen LogP contribution is -2.49. The standard InChI is InChI=1S/C25H22ClN5O2/c26-23-22(18-27-31(25(23)33)21-6-2-1-3-7-21)29-14-16-30(17-15-29)24(32)19-8-10-20(11-9-19)28-12-4-5-13-28/h1-13,18H,14-17H2. The van der Waals surface area contributed by atoms with Gasteiger partial charge in [0.15, 0.2) is 0 Å². The summed E-state index contributed by atoms with van der Waals surface area (Å²) in [5.41, 5.74) is 2.56. The zero-order valence-corrected chi connectivity index (χ0v) is 18.6. The van der Waals surface area contributed by atoms with Crippen LogP contribution in [-0.2, 0) is 0 Å². The van der Waals surface area contributed by atoms with Crippen LogP contribution in [0.5, 0.6) is 0 Å². The second-order valence-electron chi connectivity index (χ2n) is 7.81. The van der Waals surface area contributed by atoms with Crippen LogP contribution in [0.25, 0.3) is 11.4 Å². The molecular formula is C25H22ClN5O2. The van der Waals surface area contributed by atoms with Gasteiger partial charge in [0.25, 0.3) is 11.5 Å². The maximum atomic E-state index is 13.0. The maximum absolute atomic E-state index is 13.0. The Labute approximate surface area is 196 Å². The molecule has 2 aromatic carbocycles. The minimum absolute atomic E-state index is 0.00239. The molecule has 0 aliphatic carbocycles. The summed E-state index contributed by atoms with van der Waals surface area (Å²) in [4.78, 5) is 29.6. The van der Waals surface area contributed by atoms with E-state index < -0.39 is 0 Å². The Morgan fingerprint density at radius 1 is 0.818 bits per heavy atom. The van der Waals surface area contributed by atoms with E-state index in [1.54, 1.807) is 18.3 Å². The van der Waals surface area contributed by atoms with Crippen LogP contribution < -0.4 is 10.5 Å². The molecule has 0 atom stereocenters. The van der Waals surface area contributed by atoms with Gasteiger partial charge in [0.1, 0.15) is 5.02 Å². The summed E-state index contributed by atoms with van der Waals surface area (Å²) in [5.74, 6) is -0.00239. The summed E-state index contributed by atoms with van der Waals surface area (Å²) in [5, 5.41) is 4.44. The van der Waals surface area contributed by atoms with E-state index in [1.807, 2.05) is 81.4 Å². The van der Waals surface area contributed by atoms with Gasteiger partial charge < -0.3 is 14.4 Å². The minimum Gasteiger partial charge on any atom is -0.365 e. The van der Waals surface area contributed by atoms with Gasteiger partial charge in [0.05, 0.1) is 17.6 Å². The number of para-hydroxylation sites is 1. The van der Waals surface area contributed by atoms with E-state index in [0.29, 0.717) is 43.1 Å². The average molecular weight is 460 g/mol. The molecule has 0 spiro atoms. The van der Waals surface area contributed by atoms with Crippen molar-refractivity contribution in [3.8, 4) is 11.4 Å². The average Bonchev–Trinajstić information content (AvgIpc) is 3.41. The molecule has 8 heteroatoms. The molecule has 0 saturated carbocycles. The largest absolute Gasteiger partial charge is 0.365 e. The van der Waals surface area contributed by atoms with E-state index in [0.717, 1.165) is 5.69 Å². The molecule has 166 valence electrons. The van der Waals surface area contributed by atoms with Gasteiger partial charge in [-0.1, -0.05) is 29.8 Å². The highest BCUT2D eigenvalue weighted by molar-refractivity contribution is 6.33. The van der Waals surface area contributed by atoms with Crippen molar-refractivity contribution in [2.24, 2.45) is 0 Å². The number of aromatic nitrogens is 3. The molecule has 7 nitrogen and oxygen atoms in total.